The Hall–Kier alpha value is -2.55. The van der Waals surface area contributed by atoms with Gasteiger partial charge in [0.2, 0.25) is 0 Å². The zero-order chi connectivity index (χ0) is 25.2. The van der Waals surface area contributed by atoms with Gasteiger partial charge in [-0.05, 0) is 75.7 Å². The maximum absolute atomic E-state index is 12.6. The summed E-state index contributed by atoms with van der Waals surface area (Å²) < 4.78 is 76.9. The second-order valence-electron chi connectivity index (χ2n) is 7.05. The molecule has 1 atom stereocenters. The Morgan fingerprint density at radius 3 is 1.91 bits per heavy atom. The van der Waals surface area contributed by atoms with Gasteiger partial charge in [-0.2, -0.15) is 13.2 Å². The van der Waals surface area contributed by atoms with Crippen molar-refractivity contribution in [3.05, 3.63) is 54.1 Å². The summed E-state index contributed by atoms with van der Waals surface area (Å²) in [5.74, 6) is 0.418. The smallest absolute Gasteiger partial charge is 0.416 e. The minimum atomic E-state index is -4.41. The molecule has 0 aliphatic rings. The fraction of sp³-hybridized carbons (Fsp3) is 0.435. The first kappa shape index (κ1) is 27.7. The van der Waals surface area contributed by atoms with Crippen molar-refractivity contribution in [1.29, 1.82) is 0 Å². The van der Waals surface area contributed by atoms with Crippen molar-refractivity contribution in [2.24, 2.45) is 0 Å². The van der Waals surface area contributed by atoms with Crippen LogP contribution in [0.15, 0.2) is 48.5 Å². The van der Waals surface area contributed by atoms with Crippen LogP contribution in [-0.4, -0.2) is 38.1 Å². The Morgan fingerprint density at radius 2 is 1.41 bits per heavy atom. The molecular formula is C23H28F3O7P. The number of carbonyl (C=O) groups is 1. The van der Waals surface area contributed by atoms with Crippen LogP contribution in [0.3, 0.4) is 0 Å². The van der Waals surface area contributed by atoms with Crippen LogP contribution in [-0.2, 0) is 29.3 Å². The van der Waals surface area contributed by atoms with Gasteiger partial charge in [0.05, 0.1) is 31.5 Å². The van der Waals surface area contributed by atoms with Gasteiger partial charge < -0.3 is 23.3 Å². The topological polar surface area (TPSA) is 80.3 Å². The number of hydrogen-bond donors (Lipinski definition) is 0. The molecule has 0 saturated heterocycles. The van der Waals surface area contributed by atoms with Gasteiger partial charge in [-0.3, -0.25) is 4.57 Å². The van der Waals surface area contributed by atoms with Crippen LogP contribution < -0.4 is 9.47 Å². The minimum Gasteiger partial charge on any atom is -0.479 e. The largest absolute Gasteiger partial charge is 0.479 e. The predicted octanol–water partition coefficient (Wildman–Crippen LogP) is 6.46. The number of hydrogen-bond acceptors (Lipinski definition) is 7. The Morgan fingerprint density at radius 1 is 0.912 bits per heavy atom. The Bertz CT molecular complexity index is 937. The molecule has 11 heteroatoms. The van der Waals surface area contributed by atoms with Crippen LogP contribution in [0, 0.1) is 0 Å². The maximum Gasteiger partial charge on any atom is 0.416 e. The van der Waals surface area contributed by atoms with Gasteiger partial charge in [-0.25, -0.2) is 4.79 Å². The number of ether oxygens (including phenoxy) is 3. The standard InChI is InChI=1S/C23H28F3O7P/c1-4-30-34(28,31-5-2)16-6-15-29-22(27)17(3)32-19-11-13-21(14-12-19)33-20-9-7-18(8-10-20)23(24,25)26/h7-14,17H,4-6,15-16H2,1-3H3/t17-/m1/s1. The molecule has 0 aliphatic carbocycles. The van der Waals surface area contributed by atoms with E-state index < -0.39 is 31.4 Å². The SMILES string of the molecule is CCOP(=O)(CCCOC(=O)[C@@H](C)Oc1ccc(Oc2ccc(C(F)(F)F)cc2)cc1)OCC. The number of esters is 1. The van der Waals surface area contributed by atoms with Crippen LogP contribution in [0.4, 0.5) is 13.2 Å². The van der Waals surface area contributed by atoms with Crippen molar-refractivity contribution in [3.63, 3.8) is 0 Å². The second kappa shape index (κ2) is 12.8. The van der Waals surface area contributed by atoms with Gasteiger partial charge in [-0.15, -0.1) is 0 Å². The molecule has 2 aromatic rings. The van der Waals surface area contributed by atoms with Crippen molar-refractivity contribution in [2.45, 2.75) is 39.5 Å². The molecule has 0 spiro atoms. The lowest BCUT2D eigenvalue weighted by molar-refractivity contribution is -0.151. The molecule has 0 fully saturated rings. The minimum absolute atomic E-state index is 0.0383. The molecular weight excluding hydrogens is 476 g/mol. The van der Waals surface area contributed by atoms with Crippen molar-refractivity contribution in [3.8, 4) is 17.2 Å². The monoisotopic (exact) mass is 504 g/mol. The lowest BCUT2D eigenvalue weighted by Crippen LogP contribution is -2.26. The van der Waals surface area contributed by atoms with E-state index in [1.807, 2.05) is 0 Å². The number of benzene rings is 2. The van der Waals surface area contributed by atoms with E-state index in [9.17, 15) is 22.5 Å². The van der Waals surface area contributed by atoms with E-state index >= 15 is 0 Å². The first-order valence-electron chi connectivity index (χ1n) is 10.7. The molecule has 0 N–H and O–H groups in total. The number of halogens is 3. The van der Waals surface area contributed by atoms with Crippen molar-refractivity contribution >= 4 is 13.6 Å². The van der Waals surface area contributed by atoms with Crippen LogP contribution in [0.1, 0.15) is 32.8 Å². The summed E-state index contributed by atoms with van der Waals surface area (Å²) in [6.45, 7) is 5.53. The zero-order valence-corrected chi connectivity index (χ0v) is 20.1. The van der Waals surface area contributed by atoms with E-state index in [0.717, 1.165) is 12.1 Å². The number of alkyl halides is 3. The third kappa shape index (κ3) is 9.00. The molecule has 0 amide bonds. The van der Waals surface area contributed by atoms with Crippen LogP contribution in [0.5, 0.6) is 17.2 Å². The molecule has 0 unspecified atom stereocenters. The summed E-state index contributed by atoms with van der Waals surface area (Å²) in [6, 6.07) is 10.6. The molecule has 0 saturated carbocycles. The van der Waals surface area contributed by atoms with Gasteiger partial charge in [0.25, 0.3) is 0 Å². The molecule has 188 valence electrons. The van der Waals surface area contributed by atoms with Crippen LogP contribution >= 0.6 is 7.60 Å². The summed E-state index contributed by atoms with van der Waals surface area (Å²) in [5, 5.41) is 0. The normalized spacial score (nSPS) is 12.8. The van der Waals surface area contributed by atoms with E-state index in [0.29, 0.717) is 17.9 Å². The fourth-order valence-corrected chi connectivity index (χ4v) is 4.43. The predicted molar refractivity (Wildman–Crippen MR) is 119 cm³/mol. The Balaban J connectivity index is 1.79. The first-order valence-corrected chi connectivity index (χ1v) is 12.5. The van der Waals surface area contributed by atoms with Crippen molar-refractivity contribution in [2.75, 3.05) is 26.0 Å². The Labute approximate surface area is 196 Å². The summed E-state index contributed by atoms with van der Waals surface area (Å²) in [4.78, 5) is 12.1. The quantitative estimate of drug-likeness (QED) is 0.176. The third-order valence-corrected chi connectivity index (χ3v) is 6.53. The average Bonchev–Trinajstić information content (AvgIpc) is 2.78. The lowest BCUT2D eigenvalue weighted by atomic mass is 10.2. The highest BCUT2D eigenvalue weighted by atomic mass is 31.2. The summed E-state index contributed by atoms with van der Waals surface area (Å²) >= 11 is 0. The zero-order valence-electron chi connectivity index (χ0n) is 19.2. The molecule has 0 bridgehead atoms. The highest BCUT2D eigenvalue weighted by Gasteiger charge is 2.30. The molecule has 0 radical (unpaired) electrons. The summed E-state index contributed by atoms with van der Waals surface area (Å²) in [6.07, 6.45) is -4.86. The van der Waals surface area contributed by atoms with Gasteiger partial charge in [-0.1, -0.05) is 0 Å². The third-order valence-electron chi connectivity index (χ3n) is 4.36. The molecule has 2 aromatic carbocycles. The van der Waals surface area contributed by atoms with Crippen molar-refractivity contribution in [1.82, 2.24) is 0 Å². The molecule has 2 rings (SSSR count). The van der Waals surface area contributed by atoms with Gasteiger partial charge >= 0.3 is 19.7 Å². The average molecular weight is 504 g/mol. The van der Waals surface area contributed by atoms with E-state index in [1.54, 1.807) is 38.1 Å². The van der Waals surface area contributed by atoms with Crippen LogP contribution in [0.2, 0.25) is 0 Å². The molecule has 0 heterocycles. The summed E-state index contributed by atoms with van der Waals surface area (Å²) in [5.41, 5.74) is -0.762. The molecule has 0 aliphatic heterocycles. The number of carbonyl (C=O) groups excluding carboxylic acids is 1. The highest BCUT2D eigenvalue weighted by Crippen LogP contribution is 2.48. The van der Waals surface area contributed by atoms with E-state index in [1.165, 1.54) is 19.1 Å². The lowest BCUT2D eigenvalue weighted by Gasteiger charge is -2.17. The summed E-state index contributed by atoms with van der Waals surface area (Å²) in [7, 11) is -3.18. The fourth-order valence-electron chi connectivity index (χ4n) is 2.79. The van der Waals surface area contributed by atoms with Crippen LogP contribution in [0.25, 0.3) is 0 Å². The van der Waals surface area contributed by atoms with E-state index in [2.05, 4.69) is 0 Å². The molecule has 34 heavy (non-hydrogen) atoms. The van der Waals surface area contributed by atoms with Gasteiger partial charge in [0, 0.05) is 0 Å². The highest BCUT2D eigenvalue weighted by molar-refractivity contribution is 7.53. The van der Waals surface area contributed by atoms with Crippen molar-refractivity contribution < 1.29 is 45.8 Å². The van der Waals surface area contributed by atoms with E-state index in [-0.39, 0.29) is 31.7 Å². The second-order valence-corrected chi connectivity index (χ2v) is 9.23. The molecule has 7 nitrogen and oxygen atoms in total. The van der Waals surface area contributed by atoms with Gasteiger partial charge in [0.1, 0.15) is 17.2 Å². The van der Waals surface area contributed by atoms with E-state index in [4.69, 9.17) is 23.3 Å². The maximum atomic E-state index is 12.6. The number of rotatable bonds is 13. The molecule has 0 aromatic heterocycles. The first-order chi connectivity index (χ1) is 16.1. The van der Waals surface area contributed by atoms with Gasteiger partial charge in [0.15, 0.2) is 6.10 Å². The Kier molecular flexibility index (Phi) is 10.4.